The van der Waals surface area contributed by atoms with Gasteiger partial charge in [0.15, 0.2) is 19.3 Å². The Hall–Kier alpha value is -1.75. The molecule has 1 amide bonds. The van der Waals surface area contributed by atoms with Crippen LogP contribution in [0.1, 0.15) is 48.0 Å². The molecule has 12 heteroatoms. The fraction of sp³-hybridized carbons (Fsp3) is 0.652. The number of nitrogens with zero attached hydrogens (tertiary/aromatic N) is 4. The van der Waals surface area contributed by atoms with E-state index in [9.17, 15) is 9.18 Å². The lowest BCUT2D eigenvalue weighted by atomic mass is 10.0. The quantitative estimate of drug-likeness (QED) is 0.287. The standard InChI is InChI=1S/C23H34Cl2FN5O3Si/c1-22(2,3)33-21(32)28-13-9-14(34-35(7,8)23(4,5)6)12-31(11-13)19-15-10-27-18(24)16(26)17(15)29-20(25)30-19/h10,13-14H,9,11-12H2,1-8H3,(H,28,32)/t13-,14?/m0/s1. The van der Waals surface area contributed by atoms with Crippen LogP contribution in [-0.4, -0.2) is 60.2 Å². The number of nitrogens with one attached hydrogen (secondary N) is 1. The molecule has 1 aliphatic rings. The molecule has 0 spiro atoms. The molecule has 3 heterocycles. The third kappa shape index (κ3) is 6.72. The number of piperidine rings is 1. The average Bonchev–Trinajstić information content (AvgIpc) is 2.67. The summed E-state index contributed by atoms with van der Waals surface area (Å²) in [5.41, 5.74) is -0.641. The number of carbonyl (C=O) groups is 1. The molecule has 0 radical (unpaired) electrons. The second-order valence-corrected chi connectivity index (χ2v) is 16.9. The number of pyridine rings is 1. The first-order valence-corrected chi connectivity index (χ1v) is 15.2. The highest BCUT2D eigenvalue weighted by atomic mass is 35.5. The van der Waals surface area contributed by atoms with Gasteiger partial charge in [0.05, 0.1) is 17.5 Å². The Morgan fingerprint density at radius 1 is 1.17 bits per heavy atom. The number of hydrogen-bond acceptors (Lipinski definition) is 7. The lowest BCUT2D eigenvalue weighted by molar-refractivity contribution is 0.0477. The van der Waals surface area contributed by atoms with E-state index in [2.05, 4.69) is 54.1 Å². The summed E-state index contributed by atoms with van der Waals surface area (Å²) in [5, 5.41) is 2.93. The van der Waals surface area contributed by atoms with Crippen LogP contribution in [0.4, 0.5) is 15.0 Å². The molecule has 1 saturated heterocycles. The van der Waals surface area contributed by atoms with Crippen LogP contribution in [0.3, 0.4) is 0 Å². The molecule has 0 saturated carbocycles. The normalized spacial score (nSPS) is 19.7. The summed E-state index contributed by atoms with van der Waals surface area (Å²) in [6.45, 7) is 17.2. The van der Waals surface area contributed by atoms with Gasteiger partial charge in [0, 0.05) is 19.3 Å². The zero-order valence-electron chi connectivity index (χ0n) is 21.5. The van der Waals surface area contributed by atoms with Crippen molar-refractivity contribution in [1.29, 1.82) is 0 Å². The number of aromatic nitrogens is 3. The van der Waals surface area contributed by atoms with Gasteiger partial charge in [-0.2, -0.15) is 4.98 Å². The smallest absolute Gasteiger partial charge is 0.407 e. The highest BCUT2D eigenvalue weighted by Crippen LogP contribution is 2.39. The number of halogens is 3. The van der Waals surface area contributed by atoms with Crippen LogP contribution in [0.15, 0.2) is 6.20 Å². The van der Waals surface area contributed by atoms with Gasteiger partial charge in [0.25, 0.3) is 0 Å². The van der Waals surface area contributed by atoms with Gasteiger partial charge in [0.2, 0.25) is 5.28 Å². The average molecular weight is 547 g/mol. The molecule has 0 bridgehead atoms. The number of ether oxygens (including phenoxy) is 1. The molecule has 194 valence electrons. The molecule has 1 aliphatic heterocycles. The van der Waals surface area contributed by atoms with E-state index in [1.807, 2.05) is 25.7 Å². The fourth-order valence-electron chi connectivity index (χ4n) is 3.72. The number of fused-ring (bicyclic) bond motifs is 1. The molecule has 8 nitrogen and oxygen atoms in total. The minimum absolute atomic E-state index is 0.00190. The first-order chi connectivity index (χ1) is 16.0. The molecule has 3 rings (SSSR count). The first-order valence-electron chi connectivity index (χ1n) is 11.6. The van der Waals surface area contributed by atoms with Gasteiger partial charge in [-0.05, 0) is 56.9 Å². The summed E-state index contributed by atoms with van der Waals surface area (Å²) in [4.78, 5) is 26.8. The van der Waals surface area contributed by atoms with E-state index in [1.165, 1.54) is 6.20 Å². The van der Waals surface area contributed by atoms with Crippen molar-refractivity contribution in [3.63, 3.8) is 0 Å². The maximum atomic E-state index is 14.7. The fourth-order valence-corrected chi connectivity index (χ4v) is 5.38. The summed E-state index contributed by atoms with van der Waals surface area (Å²) in [7, 11) is -2.13. The molecular formula is C23H34Cl2FN5O3Si. The Morgan fingerprint density at radius 3 is 2.43 bits per heavy atom. The monoisotopic (exact) mass is 545 g/mol. The van der Waals surface area contributed by atoms with E-state index in [0.717, 1.165) is 0 Å². The maximum Gasteiger partial charge on any atom is 0.407 e. The van der Waals surface area contributed by atoms with Crippen molar-refractivity contribution in [2.24, 2.45) is 0 Å². The van der Waals surface area contributed by atoms with Crippen LogP contribution < -0.4 is 10.2 Å². The molecular weight excluding hydrogens is 512 g/mol. The zero-order valence-corrected chi connectivity index (χ0v) is 24.0. The van der Waals surface area contributed by atoms with Gasteiger partial charge < -0.3 is 19.4 Å². The predicted octanol–water partition coefficient (Wildman–Crippen LogP) is 5.96. The van der Waals surface area contributed by atoms with Gasteiger partial charge in [0.1, 0.15) is 16.9 Å². The van der Waals surface area contributed by atoms with Crippen LogP contribution >= 0.6 is 23.2 Å². The number of anilines is 1. The van der Waals surface area contributed by atoms with Crippen LogP contribution in [0.5, 0.6) is 0 Å². The summed E-state index contributed by atoms with van der Waals surface area (Å²) in [6, 6.07) is -0.303. The highest BCUT2D eigenvalue weighted by molar-refractivity contribution is 6.74. The largest absolute Gasteiger partial charge is 0.444 e. The molecule has 2 atom stereocenters. The highest BCUT2D eigenvalue weighted by Gasteiger charge is 2.42. The molecule has 1 N–H and O–H groups in total. The first kappa shape index (κ1) is 27.8. The van der Waals surface area contributed by atoms with Crippen molar-refractivity contribution >= 4 is 54.3 Å². The van der Waals surface area contributed by atoms with Crippen molar-refractivity contribution in [2.75, 3.05) is 18.0 Å². The van der Waals surface area contributed by atoms with E-state index in [-0.39, 0.29) is 33.1 Å². The number of carbonyl (C=O) groups excluding carboxylic acids is 1. The van der Waals surface area contributed by atoms with E-state index >= 15 is 0 Å². The summed E-state index contributed by atoms with van der Waals surface area (Å²) in [5.74, 6) is -0.355. The Balaban J connectivity index is 1.98. The molecule has 0 aromatic carbocycles. The molecule has 35 heavy (non-hydrogen) atoms. The molecule has 1 fully saturated rings. The number of hydrogen-bond donors (Lipinski definition) is 1. The Kier molecular flexibility index (Phi) is 7.91. The van der Waals surface area contributed by atoms with E-state index in [4.69, 9.17) is 32.4 Å². The lowest BCUT2D eigenvalue weighted by Crippen LogP contribution is -2.57. The second-order valence-electron chi connectivity index (χ2n) is 11.4. The van der Waals surface area contributed by atoms with Crippen LogP contribution in [-0.2, 0) is 9.16 Å². The summed E-state index contributed by atoms with van der Waals surface area (Å²) < 4.78 is 26.9. The molecule has 2 aromatic rings. The number of amides is 1. The van der Waals surface area contributed by atoms with Crippen LogP contribution in [0.2, 0.25) is 28.6 Å². The minimum atomic E-state index is -2.13. The van der Waals surface area contributed by atoms with Gasteiger partial charge in [-0.1, -0.05) is 32.4 Å². The van der Waals surface area contributed by atoms with Crippen molar-refractivity contribution < 1.29 is 18.3 Å². The van der Waals surface area contributed by atoms with E-state index < -0.39 is 25.8 Å². The van der Waals surface area contributed by atoms with Gasteiger partial charge in [-0.15, -0.1) is 0 Å². The van der Waals surface area contributed by atoms with Crippen molar-refractivity contribution in [1.82, 2.24) is 20.3 Å². The van der Waals surface area contributed by atoms with E-state index in [0.29, 0.717) is 30.7 Å². The van der Waals surface area contributed by atoms with Gasteiger partial charge >= 0.3 is 6.09 Å². The second kappa shape index (κ2) is 9.95. The molecule has 1 unspecified atom stereocenters. The summed E-state index contributed by atoms with van der Waals surface area (Å²) >= 11 is 12.0. The van der Waals surface area contributed by atoms with Gasteiger partial charge in [-0.3, -0.25) is 0 Å². The number of alkyl carbamates (subject to hydrolysis) is 1. The van der Waals surface area contributed by atoms with Crippen molar-refractivity contribution in [2.45, 2.75) is 83.8 Å². The topological polar surface area (TPSA) is 89.5 Å². The van der Waals surface area contributed by atoms with Crippen molar-refractivity contribution in [3.05, 3.63) is 22.5 Å². The Morgan fingerprint density at radius 2 is 1.83 bits per heavy atom. The molecule has 2 aromatic heterocycles. The van der Waals surface area contributed by atoms with Crippen LogP contribution in [0, 0.1) is 5.82 Å². The van der Waals surface area contributed by atoms with Crippen LogP contribution in [0.25, 0.3) is 10.9 Å². The van der Waals surface area contributed by atoms with Gasteiger partial charge in [-0.25, -0.2) is 19.2 Å². The van der Waals surface area contributed by atoms with E-state index in [1.54, 1.807) is 0 Å². The zero-order chi connectivity index (χ0) is 26.3. The minimum Gasteiger partial charge on any atom is -0.444 e. The van der Waals surface area contributed by atoms with Crippen molar-refractivity contribution in [3.8, 4) is 0 Å². The SMILES string of the molecule is CC(C)(C)OC(=O)N[C@H]1CC(O[Si](C)(C)C(C)(C)C)CN(c2nc(Cl)nc3c(F)c(Cl)ncc23)C1. The third-order valence-corrected chi connectivity index (χ3v) is 11.3. The summed E-state index contributed by atoms with van der Waals surface area (Å²) in [6.07, 6.45) is 1.30. The Labute approximate surface area is 217 Å². The maximum absolute atomic E-state index is 14.7. The Bertz CT molecular complexity index is 1110. The third-order valence-electron chi connectivity index (χ3n) is 6.29. The predicted molar refractivity (Wildman–Crippen MR) is 139 cm³/mol. The molecule has 0 aliphatic carbocycles. The lowest BCUT2D eigenvalue weighted by Gasteiger charge is -2.44. The number of rotatable bonds is 4.